The van der Waals surface area contributed by atoms with Gasteiger partial charge in [-0.2, -0.15) is 0 Å². The summed E-state index contributed by atoms with van der Waals surface area (Å²) < 4.78 is 49.5. The van der Waals surface area contributed by atoms with Gasteiger partial charge in [0.05, 0.1) is 17.7 Å². The van der Waals surface area contributed by atoms with Gasteiger partial charge in [-0.05, 0) is 12.8 Å². The van der Waals surface area contributed by atoms with Gasteiger partial charge >= 0.3 is 0 Å². The summed E-state index contributed by atoms with van der Waals surface area (Å²) in [6, 6.07) is -0.558. The average Bonchev–Trinajstić information content (AvgIpc) is 2.76. The maximum absolute atomic E-state index is 12.1. The Bertz CT molecular complexity index is 648. The van der Waals surface area contributed by atoms with Gasteiger partial charge in [-0.1, -0.05) is 6.92 Å². The van der Waals surface area contributed by atoms with E-state index in [4.69, 9.17) is 0 Å². The molecule has 0 amide bonds. The maximum atomic E-state index is 12.1. The molecule has 19 heavy (non-hydrogen) atoms. The number of aryl methyl sites for hydroxylation is 1. The van der Waals surface area contributed by atoms with E-state index in [1.165, 1.54) is 6.20 Å². The van der Waals surface area contributed by atoms with Crippen molar-refractivity contribution >= 4 is 19.9 Å². The van der Waals surface area contributed by atoms with Gasteiger partial charge in [0.2, 0.25) is 0 Å². The van der Waals surface area contributed by atoms with Crippen molar-refractivity contribution < 1.29 is 16.8 Å². The van der Waals surface area contributed by atoms with Crippen molar-refractivity contribution in [2.75, 3.05) is 11.5 Å². The topological polar surface area (TPSA) is 109 Å². The second-order valence-corrected chi connectivity index (χ2v) is 8.53. The number of aromatic nitrogens is 2. The van der Waals surface area contributed by atoms with Crippen molar-refractivity contribution in [2.24, 2.45) is 0 Å². The Morgan fingerprint density at radius 2 is 2.26 bits per heavy atom. The Morgan fingerprint density at radius 3 is 2.84 bits per heavy atom. The van der Waals surface area contributed by atoms with Crippen LogP contribution in [-0.2, 0) is 26.3 Å². The van der Waals surface area contributed by atoms with Crippen LogP contribution in [0.25, 0.3) is 0 Å². The SMILES string of the molecule is CCc1ncc(S(=O)(=O)NC2CCCS(=O)(=O)C2)[nH]1. The van der Waals surface area contributed by atoms with Gasteiger partial charge in [-0.15, -0.1) is 0 Å². The van der Waals surface area contributed by atoms with E-state index in [0.29, 0.717) is 25.1 Å². The summed E-state index contributed by atoms with van der Waals surface area (Å²) in [5.74, 6) is 0.577. The van der Waals surface area contributed by atoms with Crippen molar-refractivity contribution in [1.82, 2.24) is 14.7 Å². The first-order chi connectivity index (χ1) is 8.82. The summed E-state index contributed by atoms with van der Waals surface area (Å²) in [5, 5.41) is -0.0210. The van der Waals surface area contributed by atoms with E-state index in [9.17, 15) is 16.8 Å². The van der Waals surface area contributed by atoms with Gasteiger partial charge in [0.1, 0.15) is 5.82 Å². The summed E-state index contributed by atoms with van der Waals surface area (Å²) in [6.07, 6.45) is 2.87. The Morgan fingerprint density at radius 1 is 1.53 bits per heavy atom. The second-order valence-electron chi connectivity index (χ2n) is 4.62. The van der Waals surface area contributed by atoms with Gasteiger partial charge in [0, 0.05) is 12.5 Å². The fourth-order valence-electron chi connectivity index (χ4n) is 2.06. The lowest BCUT2D eigenvalue weighted by Gasteiger charge is -2.22. The quantitative estimate of drug-likeness (QED) is 0.802. The number of nitrogens with zero attached hydrogens (tertiary/aromatic N) is 1. The van der Waals surface area contributed by atoms with Crippen molar-refractivity contribution in [3.8, 4) is 0 Å². The second kappa shape index (κ2) is 5.22. The van der Waals surface area contributed by atoms with Crippen LogP contribution in [-0.4, -0.2) is 44.4 Å². The minimum absolute atomic E-state index is 0.0210. The van der Waals surface area contributed by atoms with E-state index in [0.717, 1.165) is 0 Å². The molecule has 2 rings (SSSR count). The Balaban J connectivity index is 2.13. The van der Waals surface area contributed by atoms with E-state index < -0.39 is 25.9 Å². The molecular formula is C10H17N3O4S2. The number of sulfone groups is 1. The van der Waals surface area contributed by atoms with Crippen molar-refractivity contribution in [3.63, 3.8) is 0 Å². The Labute approximate surface area is 112 Å². The third-order valence-electron chi connectivity index (χ3n) is 3.01. The zero-order chi connectivity index (χ0) is 14.1. The maximum Gasteiger partial charge on any atom is 0.257 e. The molecule has 2 N–H and O–H groups in total. The largest absolute Gasteiger partial charge is 0.332 e. The number of sulfonamides is 1. The number of hydrogen-bond donors (Lipinski definition) is 2. The summed E-state index contributed by atoms with van der Waals surface area (Å²) >= 11 is 0. The van der Waals surface area contributed by atoms with E-state index in [1.54, 1.807) is 0 Å². The van der Waals surface area contributed by atoms with Crippen molar-refractivity contribution in [3.05, 3.63) is 12.0 Å². The number of imidazole rings is 1. The first kappa shape index (κ1) is 14.5. The Kier molecular flexibility index (Phi) is 3.98. The molecule has 0 aromatic carbocycles. The molecule has 9 heteroatoms. The molecule has 1 aliphatic rings. The highest BCUT2D eigenvalue weighted by atomic mass is 32.2. The number of H-pyrrole nitrogens is 1. The third kappa shape index (κ3) is 3.54. The van der Waals surface area contributed by atoms with Crippen LogP contribution in [0.3, 0.4) is 0 Å². The normalized spacial score (nSPS) is 23.3. The number of aromatic amines is 1. The lowest BCUT2D eigenvalue weighted by atomic mass is 10.2. The molecule has 1 aromatic rings. The third-order valence-corrected chi connectivity index (χ3v) is 6.27. The van der Waals surface area contributed by atoms with Gasteiger partial charge in [0.15, 0.2) is 14.9 Å². The van der Waals surface area contributed by atoms with E-state index >= 15 is 0 Å². The highest BCUT2D eigenvalue weighted by molar-refractivity contribution is 7.91. The fourth-order valence-corrected chi connectivity index (χ4v) is 5.01. The molecule has 0 radical (unpaired) electrons. The molecule has 1 unspecified atom stereocenters. The summed E-state index contributed by atoms with van der Waals surface area (Å²) in [6.45, 7) is 1.86. The van der Waals surface area contributed by atoms with Crippen LogP contribution in [0.2, 0.25) is 0 Å². The summed E-state index contributed by atoms with van der Waals surface area (Å²) in [5.41, 5.74) is 0. The van der Waals surface area contributed by atoms with Crippen LogP contribution >= 0.6 is 0 Å². The molecule has 1 atom stereocenters. The zero-order valence-electron chi connectivity index (χ0n) is 10.6. The molecule has 7 nitrogen and oxygen atoms in total. The minimum atomic E-state index is -3.73. The highest BCUT2D eigenvalue weighted by Crippen LogP contribution is 2.15. The molecule has 2 heterocycles. The van der Waals surface area contributed by atoms with Crippen LogP contribution in [0.5, 0.6) is 0 Å². The first-order valence-electron chi connectivity index (χ1n) is 6.09. The van der Waals surface area contributed by atoms with Crippen molar-refractivity contribution in [1.29, 1.82) is 0 Å². The molecule has 0 bridgehead atoms. The highest BCUT2D eigenvalue weighted by Gasteiger charge is 2.29. The smallest absolute Gasteiger partial charge is 0.257 e. The monoisotopic (exact) mass is 307 g/mol. The standard InChI is InChI=1S/C10H17N3O4S2/c1-2-9-11-6-10(12-9)19(16,17)13-8-4-3-5-18(14,15)7-8/h6,8,13H,2-5,7H2,1H3,(H,11,12). The van der Waals surface area contributed by atoms with E-state index in [1.807, 2.05) is 6.92 Å². The first-order valence-corrected chi connectivity index (χ1v) is 9.39. The van der Waals surface area contributed by atoms with Gasteiger partial charge in [-0.25, -0.2) is 26.5 Å². The predicted octanol–water partition coefficient (Wildman–Crippen LogP) is -0.172. The van der Waals surface area contributed by atoms with Crippen LogP contribution < -0.4 is 4.72 Å². The number of hydrogen-bond acceptors (Lipinski definition) is 5. The Hall–Kier alpha value is -0.930. The summed E-state index contributed by atoms with van der Waals surface area (Å²) in [4.78, 5) is 6.63. The van der Waals surface area contributed by atoms with E-state index in [-0.39, 0.29) is 16.5 Å². The number of rotatable bonds is 4. The van der Waals surface area contributed by atoms with Crippen LogP contribution in [0.15, 0.2) is 11.2 Å². The fraction of sp³-hybridized carbons (Fsp3) is 0.700. The average molecular weight is 307 g/mol. The number of nitrogens with one attached hydrogen (secondary N) is 2. The molecular weight excluding hydrogens is 290 g/mol. The lowest BCUT2D eigenvalue weighted by molar-refractivity contribution is 0.516. The van der Waals surface area contributed by atoms with Gasteiger partial charge < -0.3 is 4.98 Å². The zero-order valence-corrected chi connectivity index (χ0v) is 12.2. The summed E-state index contributed by atoms with van der Waals surface area (Å²) in [7, 11) is -6.87. The van der Waals surface area contributed by atoms with Crippen LogP contribution in [0.4, 0.5) is 0 Å². The lowest BCUT2D eigenvalue weighted by Crippen LogP contribution is -2.43. The molecule has 0 spiro atoms. The van der Waals surface area contributed by atoms with Crippen LogP contribution in [0.1, 0.15) is 25.6 Å². The minimum Gasteiger partial charge on any atom is -0.332 e. The van der Waals surface area contributed by atoms with Crippen LogP contribution in [0, 0.1) is 0 Å². The molecule has 1 saturated heterocycles. The molecule has 1 aliphatic heterocycles. The molecule has 108 valence electrons. The van der Waals surface area contributed by atoms with Gasteiger partial charge in [0.25, 0.3) is 10.0 Å². The molecule has 0 saturated carbocycles. The van der Waals surface area contributed by atoms with E-state index in [2.05, 4.69) is 14.7 Å². The van der Waals surface area contributed by atoms with Gasteiger partial charge in [-0.3, -0.25) is 0 Å². The van der Waals surface area contributed by atoms with Crippen molar-refractivity contribution in [2.45, 2.75) is 37.3 Å². The molecule has 1 aromatic heterocycles. The molecule has 1 fully saturated rings. The predicted molar refractivity (Wildman–Crippen MR) is 70.0 cm³/mol. The molecule has 0 aliphatic carbocycles.